The van der Waals surface area contributed by atoms with Crippen LogP contribution in [0.3, 0.4) is 0 Å². The van der Waals surface area contributed by atoms with Crippen LogP contribution in [0.1, 0.15) is 52.4 Å². The third-order valence-electron chi connectivity index (χ3n) is 3.44. The molecular weight excluding hydrogens is 238 g/mol. The summed E-state index contributed by atoms with van der Waals surface area (Å²) in [6, 6.07) is 0. The molecule has 2 N–H and O–H groups in total. The topological polar surface area (TPSA) is 66.4 Å². The smallest absolute Gasteiger partial charge is 0.211 e. The monoisotopic (exact) mass is 263 g/mol. The maximum absolute atomic E-state index is 11.8. The molecule has 1 rings (SSSR count). The van der Waals surface area contributed by atoms with Crippen LogP contribution in [-0.4, -0.2) is 31.4 Å². The van der Waals surface area contributed by atoms with Crippen molar-refractivity contribution in [2.24, 2.45) is 5.92 Å². The molecule has 1 atom stereocenters. The molecule has 0 aliphatic heterocycles. The van der Waals surface area contributed by atoms with E-state index in [9.17, 15) is 13.5 Å². The molecule has 1 fully saturated rings. The molecular formula is C12H25NO3S. The van der Waals surface area contributed by atoms with Crippen LogP contribution in [0.2, 0.25) is 0 Å². The Hall–Kier alpha value is -0.130. The van der Waals surface area contributed by atoms with Gasteiger partial charge in [0.1, 0.15) is 0 Å². The first kappa shape index (κ1) is 14.9. The summed E-state index contributed by atoms with van der Waals surface area (Å²) in [5.74, 6) is 0.340. The minimum absolute atomic E-state index is 0.164. The number of sulfonamides is 1. The van der Waals surface area contributed by atoms with Crippen LogP contribution in [0.4, 0.5) is 0 Å². The van der Waals surface area contributed by atoms with E-state index in [1.807, 2.05) is 6.92 Å². The molecule has 0 aromatic heterocycles. The maximum atomic E-state index is 11.8. The Labute approximate surface area is 105 Å². The fraction of sp³-hybridized carbons (Fsp3) is 1.00. The molecule has 0 amide bonds. The predicted octanol–water partition coefficient (Wildman–Crippen LogP) is 1.65. The number of aliphatic hydroxyl groups is 1. The van der Waals surface area contributed by atoms with E-state index >= 15 is 0 Å². The summed E-state index contributed by atoms with van der Waals surface area (Å²) >= 11 is 0. The lowest BCUT2D eigenvalue weighted by atomic mass is 10.0. The molecule has 0 aromatic rings. The maximum Gasteiger partial charge on any atom is 0.211 e. The largest absolute Gasteiger partial charge is 0.389 e. The van der Waals surface area contributed by atoms with Crippen molar-refractivity contribution in [2.45, 2.75) is 58.0 Å². The first-order chi connectivity index (χ1) is 7.87. The summed E-state index contributed by atoms with van der Waals surface area (Å²) in [5, 5.41) is 10.1. The van der Waals surface area contributed by atoms with Crippen LogP contribution in [0.15, 0.2) is 0 Å². The van der Waals surface area contributed by atoms with Crippen LogP contribution < -0.4 is 4.72 Å². The van der Waals surface area contributed by atoms with Crippen molar-refractivity contribution >= 4 is 10.0 Å². The normalized spacial score (nSPS) is 21.6. The van der Waals surface area contributed by atoms with Crippen LogP contribution in [-0.2, 0) is 10.0 Å². The molecule has 0 radical (unpaired) electrons. The van der Waals surface area contributed by atoms with Gasteiger partial charge in [0.15, 0.2) is 0 Å². The highest BCUT2D eigenvalue weighted by Gasteiger charge is 2.32. The summed E-state index contributed by atoms with van der Waals surface area (Å²) in [5.41, 5.74) is -0.804. The molecule has 0 aromatic carbocycles. The number of rotatable bonds is 7. The van der Waals surface area contributed by atoms with Gasteiger partial charge < -0.3 is 5.11 Å². The van der Waals surface area contributed by atoms with Crippen molar-refractivity contribution in [2.75, 3.05) is 12.3 Å². The summed E-state index contributed by atoms with van der Waals surface area (Å²) in [6.45, 7) is 4.18. The molecule has 17 heavy (non-hydrogen) atoms. The van der Waals surface area contributed by atoms with Gasteiger partial charge in [-0.2, -0.15) is 0 Å². The molecule has 1 unspecified atom stereocenters. The Balaban J connectivity index is 2.38. The highest BCUT2D eigenvalue weighted by Crippen LogP contribution is 2.28. The summed E-state index contributed by atoms with van der Waals surface area (Å²) < 4.78 is 26.1. The minimum Gasteiger partial charge on any atom is -0.389 e. The SMILES string of the molecule is CCCC(C)CS(=O)(=O)NCC1(O)CCCC1. The van der Waals surface area contributed by atoms with Crippen molar-refractivity contribution in [1.82, 2.24) is 4.72 Å². The fourth-order valence-corrected chi connectivity index (χ4v) is 3.99. The second-order valence-corrected chi connectivity index (χ2v) is 7.28. The van der Waals surface area contributed by atoms with Gasteiger partial charge in [0.25, 0.3) is 0 Å². The Morgan fingerprint density at radius 1 is 1.35 bits per heavy atom. The molecule has 0 heterocycles. The summed E-state index contributed by atoms with van der Waals surface area (Å²) in [6.07, 6.45) is 5.32. The second-order valence-electron chi connectivity index (χ2n) is 5.43. The predicted molar refractivity (Wildman–Crippen MR) is 69.3 cm³/mol. The molecule has 102 valence electrons. The standard InChI is InChI=1S/C12H25NO3S/c1-3-6-11(2)9-17(15,16)13-10-12(14)7-4-5-8-12/h11,13-14H,3-10H2,1-2H3. The van der Waals surface area contributed by atoms with Gasteiger partial charge in [-0.05, 0) is 25.2 Å². The average molecular weight is 263 g/mol. The Morgan fingerprint density at radius 3 is 2.47 bits per heavy atom. The second kappa shape index (κ2) is 6.16. The highest BCUT2D eigenvalue weighted by atomic mass is 32.2. The highest BCUT2D eigenvalue weighted by molar-refractivity contribution is 7.89. The quantitative estimate of drug-likeness (QED) is 0.734. The van der Waals surface area contributed by atoms with Gasteiger partial charge in [-0.3, -0.25) is 0 Å². The van der Waals surface area contributed by atoms with Crippen molar-refractivity contribution in [3.8, 4) is 0 Å². The molecule has 5 heteroatoms. The Morgan fingerprint density at radius 2 is 1.94 bits per heavy atom. The Bertz CT molecular complexity index is 321. The minimum atomic E-state index is -3.24. The van der Waals surface area contributed by atoms with Gasteiger partial charge in [0.2, 0.25) is 10.0 Å². The lowest BCUT2D eigenvalue weighted by molar-refractivity contribution is 0.0531. The van der Waals surface area contributed by atoms with Crippen molar-refractivity contribution in [3.05, 3.63) is 0 Å². The van der Waals surface area contributed by atoms with Gasteiger partial charge in [0, 0.05) is 6.54 Å². The van der Waals surface area contributed by atoms with E-state index in [1.54, 1.807) is 0 Å². The number of hydrogen-bond acceptors (Lipinski definition) is 3. The fourth-order valence-electron chi connectivity index (χ4n) is 2.46. The third-order valence-corrected chi connectivity index (χ3v) is 5.03. The van der Waals surface area contributed by atoms with E-state index in [-0.39, 0.29) is 18.2 Å². The van der Waals surface area contributed by atoms with Crippen LogP contribution in [0, 0.1) is 5.92 Å². The molecule has 0 bridgehead atoms. The lowest BCUT2D eigenvalue weighted by Crippen LogP contribution is -2.42. The van der Waals surface area contributed by atoms with Gasteiger partial charge >= 0.3 is 0 Å². The average Bonchev–Trinajstić information content (AvgIpc) is 2.63. The van der Waals surface area contributed by atoms with E-state index in [0.717, 1.165) is 25.7 Å². The zero-order chi connectivity index (χ0) is 12.9. The zero-order valence-electron chi connectivity index (χ0n) is 10.9. The van der Waals surface area contributed by atoms with Crippen LogP contribution in [0.5, 0.6) is 0 Å². The zero-order valence-corrected chi connectivity index (χ0v) is 11.7. The van der Waals surface area contributed by atoms with Gasteiger partial charge in [-0.1, -0.05) is 33.1 Å². The van der Waals surface area contributed by atoms with Gasteiger partial charge in [0.05, 0.1) is 11.4 Å². The molecule has 0 spiro atoms. The first-order valence-corrected chi connectivity index (χ1v) is 8.22. The lowest BCUT2D eigenvalue weighted by Gasteiger charge is -2.22. The van der Waals surface area contributed by atoms with E-state index in [0.29, 0.717) is 12.8 Å². The molecule has 4 nitrogen and oxygen atoms in total. The van der Waals surface area contributed by atoms with Gasteiger partial charge in [-0.25, -0.2) is 13.1 Å². The molecule has 1 aliphatic carbocycles. The van der Waals surface area contributed by atoms with Crippen molar-refractivity contribution in [3.63, 3.8) is 0 Å². The van der Waals surface area contributed by atoms with E-state index < -0.39 is 15.6 Å². The number of hydrogen-bond donors (Lipinski definition) is 2. The molecule has 0 saturated heterocycles. The first-order valence-electron chi connectivity index (χ1n) is 6.56. The van der Waals surface area contributed by atoms with Crippen LogP contribution >= 0.6 is 0 Å². The van der Waals surface area contributed by atoms with E-state index in [1.165, 1.54) is 0 Å². The van der Waals surface area contributed by atoms with Gasteiger partial charge in [-0.15, -0.1) is 0 Å². The molecule has 1 saturated carbocycles. The summed E-state index contributed by atoms with van der Waals surface area (Å²) in [7, 11) is -3.24. The van der Waals surface area contributed by atoms with Crippen LogP contribution in [0.25, 0.3) is 0 Å². The van der Waals surface area contributed by atoms with E-state index in [2.05, 4.69) is 11.6 Å². The number of nitrogens with one attached hydrogen (secondary N) is 1. The Kier molecular flexibility index (Phi) is 5.41. The third kappa shape index (κ3) is 5.36. The van der Waals surface area contributed by atoms with Crippen molar-refractivity contribution < 1.29 is 13.5 Å². The van der Waals surface area contributed by atoms with Crippen molar-refractivity contribution in [1.29, 1.82) is 0 Å². The molecule has 1 aliphatic rings. The summed E-state index contributed by atoms with van der Waals surface area (Å²) in [4.78, 5) is 0. The van der Waals surface area contributed by atoms with E-state index in [4.69, 9.17) is 0 Å².